The van der Waals surface area contributed by atoms with Gasteiger partial charge >= 0.3 is 0 Å². The first-order valence-corrected chi connectivity index (χ1v) is 9.49. The lowest BCUT2D eigenvalue weighted by Crippen LogP contribution is -2.32. The summed E-state index contributed by atoms with van der Waals surface area (Å²) in [7, 11) is 4.52. The van der Waals surface area contributed by atoms with E-state index < -0.39 is 17.7 Å². The molecule has 1 atom stereocenters. The standard InChI is InChI=1S/C23H25NO6/c1-14-8-10-15(11-9-14)20(25)18-19(24(12-13-28-2)23(27)21(18)26)16-6-5-7-17(29-3)22(16)30-4/h5-11,19,25H,12-13H2,1-4H3/b20-18+. The number of Topliss-reactive ketones (excluding diaryl/α,β-unsaturated/α-hetero) is 1. The molecule has 1 saturated heterocycles. The number of aryl methyl sites for hydroxylation is 1. The van der Waals surface area contributed by atoms with Gasteiger partial charge in [-0.3, -0.25) is 9.59 Å². The molecule has 0 spiro atoms. The Hall–Kier alpha value is -3.32. The van der Waals surface area contributed by atoms with E-state index in [1.807, 2.05) is 19.1 Å². The first-order chi connectivity index (χ1) is 14.4. The quantitative estimate of drug-likeness (QED) is 0.428. The Morgan fingerprint density at radius 3 is 2.33 bits per heavy atom. The molecule has 1 heterocycles. The summed E-state index contributed by atoms with van der Waals surface area (Å²) in [5.41, 5.74) is 2.02. The number of ketones is 1. The van der Waals surface area contributed by atoms with Crippen LogP contribution in [0.15, 0.2) is 48.0 Å². The monoisotopic (exact) mass is 411 g/mol. The number of amides is 1. The lowest BCUT2D eigenvalue weighted by Gasteiger charge is -2.27. The summed E-state index contributed by atoms with van der Waals surface area (Å²) in [6.45, 7) is 2.34. The minimum Gasteiger partial charge on any atom is -0.507 e. The largest absolute Gasteiger partial charge is 0.507 e. The number of likely N-dealkylation sites (tertiary alicyclic amines) is 1. The van der Waals surface area contributed by atoms with Crippen LogP contribution >= 0.6 is 0 Å². The van der Waals surface area contributed by atoms with Gasteiger partial charge in [-0.2, -0.15) is 0 Å². The molecule has 2 aromatic rings. The molecule has 1 aliphatic heterocycles. The number of aliphatic hydroxyl groups excluding tert-OH is 1. The summed E-state index contributed by atoms with van der Waals surface area (Å²) < 4.78 is 16.1. The van der Waals surface area contributed by atoms with Crippen LogP contribution in [0, 0.1) is 6.92 Å². The highest BCUT2D eigenvalue weighted by molar-refractivity contribution is 6.46. The number of carbonyl (C=O) groups is 2. The molecule has 158 valence electrons. The van der Waals surface area contributed by atoms with Gasteiger partial charge in [-0.25, -0.2) is 0 Å². The maximum absolute atomic E-state index is 13.0. The Morgan fingerprint density at radius 1 is 1.03 bits per heavy atom. The van der Waals surface area contributed by atoms with E-state index in [2.05, 4.69) is 0 Å². The van der Waals surface area contributed by atoms with E-state index in [4.69, 9.17) is 14.2 Å². The zero-order valence-electron chi connectivity index (χ0n) is 17.5. The highest BCUT2D eigenvalue weighted by Crippen LogP contribution is 2.45. The molecule has 1 fully saturated rings. The van der Waals surface area contributed by atoms with Gasteiger partial charge in [0.05, 0.1) is 32.4 Å². The van der Waals surface area contributed by atoms with Crippen molar-refractivity contribution in [1.82, 2.24) is 4.90 Å². The molecule has 1 amide bonds. The zero-order chi connectivity index (χ0) is 21.8. The first kappa shape index (κ1) is 21.4. The molecule has 2 aromatic carbocycles. The Kier molecular flexibility index (Phi) is 6.42. The molecular weight excluding hydrogens is 386 g/mol. The molecule has 3 rings (SSSR count). The van der Waals surface area contributed by atoms with Crippen molar-refractivity contribution < 1.29 is 28.9 Å². The van der Waals surface area contributed by atoms with E-state index in [0.29, 0.717) is 22.6 Å². The Labute approximate surface area is 175 Å². The van der Waals surface area contributed by atoms with Crippen LogP contribution in [0.5, 0.6) is 11.5 Å². The van der Waals surface area contributed by atoms with E-state index >= 15 is 0 Å². The van der Waals surface area contributed by atoms with Crippen LogP contribution in [0.3, 0.4) is 0 Å². The van der Waals surface area contributed by atoms with Crippen LogP contribution in [0.4, 0.5) is 0 Å². The number of carbonyl (C=O) groups excluding carboxylic acids is 2. The van der Waals surface area contributed by atoms with Crippen molar-refractivity contribution in [1.29, 1.82) is 0 Å². The van der Waals surface area contributed by atoms with Gasteiger partial charge in [0, 0.05) is 24.8 Å². The Balaban J connectivity index is 2.24. The molecule has 1 N–H and O–H groups in total. The number of para-hydroxylation sites is 1. The van der Waals surface area contributed by atoms with E-state index in [0.717, 1.165) is 5.56 Å². The maximum atomic E-state index is 13.0. The van der Waals surface area contributed by atoms with Crippen molar-refractivity contribution in [2.45, 2.75) is 13.0 Å². The second-order valence-electron chi connectivity index (χ2n) is 6.93. The lowest BCUT2D eigenvalue weighted by atomic mass is 9.94. The van der Waals surface area contributed by atoms with Crippen LogP contribution in [0.2, 0.25) is 0 Å². The van der Waals surface area contributed by atoms with Gasteiger partial charge < -0.3 is 24.2 Å². The van der Waals surface area contributed by atoms with Gasteiger partial charge in [-0.1, -0.05) is 42.0 Å². The van der Waals surface area contributed by atoms with Gasteiger partial charge in [-0.15, -0.1) is 0 Å². The van der Waals surface area contributed by atoms with Gasteiger partial charge in [0.25, 0.3) is 11.7 Å². The number of hydrogen-bond donors (Lipinski definition) is 1. The number of ether oxygens (including phenoxy) is 3. The number of aliphatic hydroxyl groups is 1. The van der Waals surface area contributed by atoms with Crippen LogP contribution < -0.4 is 9.47 Å². The number of hydrogen-bond acceptors (Lipinski definition) is 6. The van der Waals surface area contributed by atoms with Crippen LogP contribution in [0.1, 0.15) is 22.7 Å². The number of benzene rings is 2. The third kappa shape index (κ3) is 3.76. The van der Waals surface area contributed by atoms with Crippen molar-refractivity contribution in [3.63, 3.8) is 0 Å². The molecule has 0 aliphatic carbocycles. The summed E-state index contributed by atoms with van der Waals surface area (Å²) in [6, 6.07) is 11.5. The highest BCUT2D eigenvalue weighted by atomic mass is 16.5. The molecule has 7 heteroatoms. The predicted molar refractivity (Wildman–Crippen MR) is 112 cm³/mol. The van der Waals surface area contributed by atoms with Gasteiger partial charge in [0.2, 0.25) is 0 Å². The molecule has 7 nitrogen and oxygen atoms in total. The highest BCUT2D eigenvalue weighted by Gasteiger charge is 2.47. The normalized spacial score (nSPS) is 18.0. The Morgan fingerprint density at radius 2 is 1.73 bits per heavy atom. The van der Waals surface area contributed by atoms with Crippen LogP contribution in [0.25, 0.3) is 5.76 Å². The number of methoxy groups -OCH3 is 3. The molecule has 0 aromatic heterocycles. The lowest BCUT2D eigenvalue weighted by molar-refractivity contribution is -0.140. The van der Waals surface area contributed by atoms with E-state index in [-0.39, 0.29) is 24.5 Å². The number of nitrogens with zero attached hydrogens (tertiary/aromatic N) is 1. The molecule has 30 heavy (non-hydrogen) atoms. The van der Waals surface area contributed by atoms with Crippen molar-refractivity contribution in [3.05, 3.63) is 64.7 Å². The predicted octanol–water partition coefficient (Wildman–Crippen LogP) is 3.08. The molecule has 0 radical (unpaired) electrons. The van der Waals surface area contributed by atoms with Crippen molar-refractivity contribution in [2.75, 3.05) is 34.5 Å². The first-order valence-electron chi connectivity index (χ1n) is 9.49. The van der Waals surface area contributed by atoms with Crippen molar-refractivity contribution in [3.8, 4) is 11.5 Å². The fourth-order valence-corrected chi connectivity index (χ4v) is 3.62. The molecule has 0 saturated carbocycles. The minimum atomic E-state index is -0.841. The SMILES string of the molecule is COCCN1C(=O)C(=O)/C(=C(/O)c2ccc(C)cc2)C1c1cccc(OC)c1OC. The topological polar surface area (TPSA) is 85.3 Å². The third-order valence-electron chi connectivity index (χ3n) is 5.13. The number of rotatable bonds is 7. The smallest absolute Gasteiger partial charge is 0.295 e. The van der Waals surface area contributed by atoms with Gasteiger partial charge in [0.15, 0.2) is 11.5 Å². The molecule has 0 bridgehead atoms. The second-order valence-corrected chi connectivity index (χ2v) is 6.93. The average molecular weight is 411 g/mol. The Bertz CT molecular complexity index is 980. The summed E-state index contributed by atoms with van der Waals surface area (Å²) in [5.74, 6) is -0.829. The van der Waals surface area contributed by atoms with E-state index in [9.17, 15) is 14.7 Å². The van der Waals surface area contributed by atoms with Crippen molar-refractivity contribution >= 4 is 17.4 Å². The molecule has 1 aliphatic rings. The van der Waals surface area contributed by atoms with E-state index in [1.54, 1.807) is 30.3 Å². The maximum Gasteiger partial charge on any atom is 0.295 e. The minimum absolute atomic E-state index is 0.00603. The fraction of sp³-hybridized carbons (Fsp3) is 0.304. The summed E-state index contributed by atoms with van der Waals surface area (Å²) >= 11 is 0. The van der Waals surface area contributed by atoms with Crippen LogP contribution in [-0.4, -0.2) is 56.2 Å². The van der Waals surface area contributed by atoms with Crippen LogP contribution in [-0.2, 0) is 14.3 Å². The summed E-state index contributed by atoms with van der Waals surface area (Å²) in [5, 5.41) is 11.0. The summed E-state index contributed by atoms with van der Waals surface area (Å²) in [6.07, 6.45) is 0. The van der Waals surface area contributed by atoms with Gasteiger partial charge in [-0.05, 0) is 13.0 Å². The fourth-order valence-electron chi connectivity index (χ4n) is 3.62. The second kappa shape index (κ2) is 9.00. The molecule has 1 unspecified atom stereocenters. The third-order valence-corrected chi connectivity index (χ3v) is 5.13. The van der Waals surface area contributed by atoms with Crippen molar-refractivity contribution in [2.24, 2.45) is 0 Å². The van der Waals surface area contributed by atoms with E-state index in [1.165, 1.54) is 26.2 Å². The van der Waals surface area contributed by atoms with Gasteiger partial charge in [0.1, 0.15) is 5.76 Å². The molecular formula is C23H25NO6. The average Bonchev–Trinajstić information content (AvgIpc) is 3.01. The summed E-state index contributed by atoms with van der Waals surface area (Å²) in [4.78, 5) is 27.2. The zero-order valence-corrected chi connectivity index (χ0v) is 17.5.